The second-order valence-electron chi connectivity index (χ2n) is 3.66. The molecule has 4 nitrogen and oxygen atoms in total. The van der Waals surface area contributed by atoms with Crippen LogP contribution in [0.3, 0.4) is 0 Å². The van der Waals surface area contributed by atoms with E-state index in [1.54, 1.807) is 0 Å². The van der Waals surface area contributed by atoms with E-state index in [1.807, 2.05) is 35.9 Å². The van der Waals surface area contributed by atoms with Crippen molar-refractivity contribution in [3.05, 3.63) is 18.2 Å². The number of thioether (sulfide) groups is 1. The molecule has 0 spiro atoms. The molecule has 2 atom stereocenters. The van der Waals surface area contributed by atoms with Gasteiger partial charge in [-0.25, -0.2) is 4.98 Å². The Kier molecular flexibility index (Phi) is 3.10. The van der Waals surface area contributed by atoms with Crippen LogP contribution in [0.1, 0.15) is 24.6 Å². The van der Waals surface area contributed by atoms with Gasteiger partial charge in [-0.3, -0.25) is 11.3 Å². The number of aromatic nitrogens is 2. The molecule has 0 aliphatic carbocycles. The van der Waals surface area contributed by atoms with Gasteiger partial charge < -0.3 is 4.57 Å². The largest absolute Gasteiger partial charge is 0.340 e. The van der Waals surface area contributed by atoms with Crippen LogP contribution in [-0.2, 0) is 7.05 Å². The number of nitrogens with two attached hydrogens (primary N) is 1. The van der Waals surface area contributed by atoms with E-state index in [9.17, 15) is 0 Å². The minimum atomic E-state index is 0.198. The summed E-state index contributed by atoms with van der Waals surface area (Å²) < 4.78 is 1.96. The van der Waals surface area contributed by atoms with Crippen LogP contribution in [0.4, 0.5) is 0 Å². The van der Waals surface area contributed by atoms with Crippen LogP contribution in [-0.4, -0.2) is 20.6 Å². The number of hydrogen-bond acceptors (Lipinski definition) is 4. The van der Waals surface area contributed by atoms with E-state index in [2.05, 4.69) is 10.4 Å². The van der Waals surface area contributed by atoms with Gasteiger partial charge >= 0.3 is 0 Å². The van der Waals surface area contributed by atoms with E-state index < -0.39 is 0 Å². The molecule has 78 valence electrons. The Morgan fingerprint density at radius 1 is 1.79 bits per heavy atom. The average Bonchev–Trinajstić information content (AvgIpc) is 2.79. The predicted octanol–water partition coefficient (Wildman–Crippen LogP) is 0.820. The van der Waals surface area contributed by atoms with Gasteiger partial charge in [0.05, 0.1) is 18.1 Å². The van der Waals surface area contributed by atoms with Crippen molar-refractivity contribution in [2.45, 2.75) is 24.1 Å². The molecule has 14 heavy (non-hydrogen) atoms. The van der Waals surface area contributed by atoms with Crippen LogP contribution in [0.2, 0.25) is 0 Å². The summed E-state index contributed by atoms with van der Waals surface area (Å²) in [4.78, 5) is 4.34. The number of nitrogens with zero attached hydrogens (tertiary/aromatic N) is 2. The minimum absolute atomic E-state index is 0.198. The van der Waals surface area contributed by atoms with Gasteiger partial charge in [0, 0.05) is 18.5 Å². The minimum Gasteiger partial charge on any atom is -0.340 e. The number of hydrogen-bond donors (Lipinski definition) is 2. The summed E-state index contributed by atoms with van der Waals surface area (Å²) in [5, 5.41) is 0.579. The molecule has 1 saturated heterocycles. The summed E-state index contributed by atoms with van der Waals surface area (Å²) >= 11 is 1.99. The predicted molar refractivity (Wildman–Crippen MR) is 58.8 cm³/mol. The van der Waals surface area contributed by atoms with Gasteiger partial charge in [0.25, 0.3) is 0 Å². The van der Waals surface area contributed by atoms with E-state index in [0.29, 0.717) is 5.25 Å². The Labute approximate surface area is 88.2 Å². The second kappa shape index (κ2) is 4.33. The first-order chi connectivity index (χ1) is 6.81. The molecule has 3 N–H and O–H groups in total. The number of nitrogens with one attached hydrogen (secondary N) is 1. The lowest BCUT2D eigenvalue weighted by atomic mass is 10.1. The lowest BCUT2D eigenvalue weighted by Crippen LogP contribution is -2.34. The van der Waals surface area contributed by atoms with Gasteiger partial charge in [-0.2, -0.15) is 11.8 Å². The molecule has 0 saturated carbocycles. The Morgan fingerprint density at radius 2 is 2.64 bits per heavy atom. The van der Waals surface area contributed by atoms with Crippen LogP contribution in [0.15, 0.2) is 12.5 Å². The average molecular weight is 212 g/mol. The van der Waals surface area contributed by atoms with Crippen LogP contribution >= 0.6 is 11.8 Å². The van der Waals surface area contributed by atoms with E-state index in [-0.39, 0.29) is 6.04 Å². The van der Waals surface area contributed by atoms with Crippen molar-refractivity contribution >= 4 is 11.8 Å². The fourth-order valence-electron chi connectivity index (χ4n) is 1.84. The molecule has 0 radical (unpaired) electrons. The first kappa shape index (κ1) is 10.0. The highest BCUT2D eigenvalue weighted by atomic mass is 32.2. The highest BCUT2D eigenvalue weighted by molar-refractivity contribution is 8.00. The molecule has 2 rings (SSSR count). The van der Waals surface area contributed by atoms with E-state index in [0.717, 1.165) is 5.69 Å². The highest BCUT2D eigenvalue weighted by Crippen LogP contribution is 2.34. The molecular formula is C9H16N4S. The van der Waals surface area contributed by atoms with Crippen molar-refractivity contribution in [2.24, 2.45) is 12.9 Å². The maximum atomic E-state index is 5.58. The Morgan fingerprint density at radius 3 is 3.14 bits per heavy atom. The SMILES string of the molecule is Cn1cnc(C(NN)C2CCCS2)c1. The third-order valence-corrected chi connectivity index (χ3v) is 4.02. The normalized spacial score (nSPS) is 24.0. The molecule has 1 aliphatic heterocycles. The third-order valence-electron chi connectivity index (χ3n) is 2.56. The molecular weight excluding hydrogens is 196 g/mol. The van der Waals surface area contributed by atoms with Gasteiger partial charge in [-0.1, -0.05) is 0 Å². The summed E-state index contributed by atoms with van der Waals surface area (Å²) in [5.74, 6) is 6.83. The van der Waals surface area contributed by atoms with Crippen molar-refractivity contribution in [1.82, 2.24) is 15.0 Å². The van der Waals surface area contributed by atoms with Crippen molar-refractivity contribution in [3.63, 3.8) is 0 Å². The van der Waals surface area contributed by atoms with Crippen LogP contribution in [0.5, 0.6) is 0 Å². The van der Waals surface area contributed by atoms with Gasteiger partial charge in [-0.15, -0.1) is 0 Å². The van der Waals surface area contributed by atoms with Crippen molar-refractivity contribution in [3.8, 4) is 0 Å². The molecule has 1 fully saturated rings. The number of rotatable bonds is 3. The third kappa shape index (κ3) is 1.94. The standard InChI is InChI=1S/C9H16N4S/c1-13-5-7(11-6-13)9(12-10)8-3-2-4-14-8/h5-6,8-9,12H,2-4,10H2,1H3. The molecule has 1 aromatic heterocycles. The second-order valence-corrected chi connectivity index (χ2v) is 5.01. The zero-order valence-electron chi connectivity index (χ0n) is 8.31. The van der Waals surface area contributed by atoms with Gasteiger partial charge in [0.2, 0.25) is 0 Å². The maximum absolute atomic E-state index is 5.58. The fourth-order valence-corrected chi connectivity index (χ4v) is 3.22. The summed E-state index contributed by atoms with van der Waals surface area (Å²) in [5.41, 5.74) is 3.93. The first-order valence-electron chi connectivity index (χ1n) is 4.87. The zero-order valence-corrected chi connectivity index (χ0v) is 9.13. The highest BCUT2D eigenvalue weighted by Gasteiger charge is 2.27. The molecule has 0 aromatic carbocycles. The Balaban J connectivity index is 2.12. The topological polar surface area (TPSA) is 55.9 Å². The first-order valence-corrected chi connectivity index (χ1v) is 5.91. The number of aryl methyl sites for hydroxylation is 1. The van der Waals surface area contributed by atoms with E-state index in [1.165, 1.54) is 18.6 Å². The van der Waals surface area contributed by atoms with Crippen LogP contribution in [0, 0.1) is 0 Å². The monoisotopic (exact) mass is 212 g/mol. The molecule has 1 aromatic rings. The van der Waals surface area contributed by atoms with Crippen molar-refractivity contribution in [1.29, 1.82) is 0 Å². The Bertz CT molecular complexity index is 293. The van der Waals surface area contributed by atoms with Crippen LogP contribution < -0.4 is 11.3 Å². The molecule has 2 unspecified atom stereocenters. The zero-order chi connectivity index (χ0) is 9.97. The number of imidazole rings is 1. The molecule has 1 aliphatic rings. The smallest absolute Gasteiger partial charge is 0.0947 e. The number of hydrazine groups is 1. The van der Waals surface area contributed by atoms with Gasteiger partial charge in [0.1, 0.15) is 0 Å². The van der Waals surface area contributed by atoms with Crippen LogP contribution in [0.25, 0.3) is 0 Å². The van der Waals surface area contributed by atoms with Crippen molar-refractivity contribution < 1.29 is 0 Å². The summed E-state index contributed by atoms with van der Waals surface area (Å²) in [6, 6.07) is 0.198. The summed E-state index contributed by atoms with van der Waals surface area (Å²) in [6.45, 7) is 0. The van der Waals surface area contributed by atoms with E-state index >= 15 is 0 Å². The van der Waals surface area contributed by atoms with Gasteiger partial charge in [-0.05, 0) is 18.6 Å². The maximum Gasteiger partial charge on any atom is 0.0947 e. The molecule has 5 heteroatoms. The fraction of sp³-hybridized carbons (Fsp3) is 0.667. The van der Waals surface area contributed by atoms with E-state index in [4.69, 9.17) is 5.84 Å². The summed E-state index contributed by atoms with van der Waals surface area (Å²) in [7, 11) is 1.98. The van der Waals surface area contributed by atoms with Crippen molar-refractivity contribution in [2.75, 3.05) is 5.75 Å². The van der Waals surface area contributed by atoms with Gasteiger partial charge in [0.15, 0.2) is 0 Å². The molecule has 0 bridgehead atoms. The quantitative estimate of drug-likeness (QED) is 0.575. The lowest BCUT2D eigenvalue weighted by molar-refractivity contribution is 0.510. The summed E-state index contributed by atoms with van der Waals surface area (Å²) in [6.07, 6.45) is 6.37. The molecule has 2 heterocycles. The molecule has 0 amide bonds. The Hall–Kier alpha value is -0.520. The lowest BCUT2D eigenvalue weighted by Gasteiger charge is -2.19.